The maximum absolute atomic E-state index is 13.9. The van der Waals surface area contributed by atoms with E-state index >= 15 is 0 Å². The monoisotopic (exact) mass is 372 g/mol. The SMILES string of the molecule is COc1ccccc1NC(=O)NCCN1CCN(c2ccccc2F)CC1. The molecule has 0 unspecified atom stereocenters. The number of nitrogens with one attached hydrogen (secondary N) is 2. The molecule has 0 bridgehead atoms. The average molecular weight is 372 g/mol. The lowest BCUT2D eigenvalue weighted by atomic mass is 10.2. The van der Waals surface area contributed by atoms with Crippen molar-refractivity contribution in [2.75, 3.05) is 56.6 Å². The van der Waals surface area contributed by atoms with E-state index in [1.54, 1.807) is 25.3 Å². The Kier molecular flexibility index (Phi) is 6.49. The zero-order valence-corrected chi connectivity index (χ0v) is 15.5. The maximum atomic E-state index is 13.9. The summed E-state index contributed by atoms with van der Waals surface area (Å²) in [6, 6.07) is 13.9. The highest BCUT2D eigenvalue weighted by Gasteiger charge is 2.19. The van der Waals surface area contributed by atoms with Crippen LogP contribution in [0.1, 0.15) is 0 Å². The summed E-state index contributed by atoms with van der Waals surface area (Å²) in [5.74, 6) is 0.442. The summed E-state index contributed by atoms with van der Waals surface area (Å²) in [7, 11) is 1.57. The second-order valence-electron chi connectivity index (χ2n) is 6.36. The number of methoxy groups -OCH3 is 1. The number of ether oxygens (including phenoxy) is 1. The lowest BCUT2D eigenvalue weighted by molar-refractivity contribution is 0.240. The summed E-state index contributed by atoms with van der Waals surface area (Å²) in [5.41, 5.74) is 1.29. The number of piperazine rings is 1. The fraction of sp³-hybridized carbons (Fsp3) is 0.350. The molecule has 2 aromatic carbocycles. The molecule has 0 radical (unpaired) electrons. The van der Waals surface area contributed by atoms with Gasteiger partial charge in [-0.1, -0.05) is 24.3 Å². The van der Waals surface area contributed by atoms with Crippen LogP contribution in [0.25, 0.3) is 0 Å². The number of anilines is 2. The number of urea groups is 1. The maximum Gasteiger partial charge on any atom is 0.319 e. The molecule has 0 aliphatic carbocycles. The molecule has 144 valence electrons. The van der Waals surface area contributed by atoms with Crippen molar-refractivity contribution in [3.63, 3.8) is 0 Å². The zero-order chi connectivity index (χ0) is 19.1. The molecule has 0 atom stereocenters. The van der Waals surface area contributed by atoms with Crippen LogP contribution in [0.15, 0.2) is 48.5 Å². The molecule has 1 fully saturated rings. The number of hydrogen-bond donors (Lipinski definition) is 2. The molecule has 0 spiro atoms. The number of hydrogen-bond acceptors (Lipinski definition) is 4. The standard InChI is InChI=1S/C20H25FN4O2/c1-27-19-9-5-3-7-17(19)23-20(26)22-10-11-24-12-14-25(15-13-24)18-8-4-2-6-16(18)21/h2-9H,10-15H2,1H3,(H2,22,23,26). The summed E-state index contributed by atoms with van der Waals surface area (Å²) in [5, 5.41) is 5.65. The Morgan fingerprint density at radius 1 is 1.07 bits per heavy atom. The lowest BCUT2D eigenvalue weighted by Gasteiger charge is -2.36. The fourth-order valence-corrected chi connectivity index (χ4v) is 3.16. The van der Waals surface area contributed by atoms with E-state index in [1.165, 1.54) is 6.07 Å². The summed E-state index contributed by atoms with van der Waals surface area (Å²) >= 11 is 0. The highest BCUT2D eigenvalue weighted by Crippen LogP contribution is 2.22. The van der Waals surface area contributed by atoms with E-state index in [0.717, 1.165) is 32.7 Å². The van der Waals surface area contributed by atoms with Crippen molar-refractivity contribution in [1.82, 2.24) is 10.2 Å². The number of para-hydroxylation sites is 3. The summed E-state index contributed by atoms with van der Waals surface area (Å²) in [6.45, 7) is 4.52. The molecule has 1 heterocycles. The first-order valence-electron chi connectivity index (χ1n) is 9.07. The van der Waals surface area contributed by atoms with Gasteiger partial charge >= 0.3 is 6.03 Å². The molecule has 2 amide bonds. The quantitative estimate of drug-likeness (QED) is 0.819. The topological polar surface area (TPSA) is 56.8 Å². The molecule has 1 saturated heterocycles. The van der Waals surface area contributed by atoms with Gasteiger partial charge in [0.15, 0.2) is 0 Å². The van der Waals surface area contributed by atoms with Gasteiger partial charge in [0.1, 0.15) is 11.6 Å². The van der Waals surface area contributed by atoms with Crippen LogP contribution in [-0.2, 0) is 0 Å². The Bertz CT molecular complexity index is 763. The third-order valence-electron chi connectivity index (χ3n) is 4.63. The van der Waals surface area contributed by atoms with E-state index in [0.29, 0.717) is 23.7 Å². The Balaban J connectivity index is 1.39. The van der Waals surface area contributed by atoms with Crippen molar-refractivity contribution in [2.45, 2.75) is 0 Å². The fourth-order valence-electron chi connectivity index (χ4n) is 3.16. The minimum absolute atomic E-state index is 0.180. The van der Waals surface area contributed by atoms with Gasteiger partial charge < -0.3 is 20.3 Å². The van der Waals surface area contributed by atoms with Crippen LogP contribution in [0, 0.1) is 5.82 Å². The summed E-state index contributed by atoms with van der Waals surface area (Å²) < 4.78 is 19.1. The Labute approximate surface area is 158 Å². The van der Waals surface area contributed by atoms with Crippen LogP contribution in [0.5, 0.6) is 5.75 Å². The van der Waals surface area contributed by atoms with E-state index in [1.807, 2.05) is 24.3 Å². The summed E-state index contributed by atoms with van der Waals surface area (Å²) in [6.07, 6.45) is 0. The first kappa shape index (κ1) is 19.0. The zero-order valence-electron chi connectivity index (χ0n) is 15.5. The molecule has 1 aliphatic rings. The average Bonchev–Trinajstić information content (AvgIpc) is 2.69. The van der Waals surface area contributed by atoms with Crippen LogP contribution in [0.2, 0.25) is 0 Å². The second kappa shape index (κ2) is 9.23. The van der Waals surface area contributed by atoms with Crippen LogP contribution >= 0.6 is 0 Å². The van der Waals surface area contributed by atoms with Crippen molar-refractivity contribution >= 4 is 17.4 Å². The van der Waals surface area contributed by atoms with Gasteiger partial charge in [0, 0.05) is 39.3 Å². The van der Waals surface area contributed by atoms with E-state index in [-0.39, 0.29) is 11.8 Å². The lowest BCUT2D eigenvalue weighted by Crippen LogP contribution is -2.49. The molecule has 6 nitrogen and oxygen atoms in total. The molecular weight excluding hydrogens is 347 g/mol. The number of rotatable bonds is 6. The van der Waals surface area contributed by atoms with Crippen molar-refractivity contribution in [3.05, 3.63) is 54.3 Å². The van der Waals surface area contributed by atoms with Gasteiger partial charge in [0.2, 0.25) is 0 Å². The Morgan fingerprint density at radius 2 is 1.78 bits per heavy atom. The number of carbonyl (C=O) groups is 1. The highest BCUT2D eigenvalue weighted by molar-refractivity contribution is 5.90. The summed E-state index contributed by atoms with van der Waals surface area (Å²) in [4.78, 5) is 16.4. The van der Waals surface area contributed by atoms with Crippen LogP contribution in [-0.4, -0.2) is 57.3 Å². The molecule has 2 aromatic rings. The molecular formula is C20H25FN4O2. The van der Waals surface area contributed by atoms with Gasteiger partial charge in [-0.25, -0.2) is 9.18 Å². The minimum Gasteiger partial charge on any atom is -0.495 e. The van der Waals surface area contributed by atoms with E-state index < -0.39 is 0 Å². The van der Waals surface area contributed by atoms with Gasteiger partial charge in [0.05, 0.1) is 18.5 Å². The molecule has 0 aromatic heterocycles. The van der Waals surface area contributed by atoms with Crippen LogP contribution in [0.3, 0.4) is 0 Å². The van der Waals surface area contributed by atoms with Crippen LogP contribution in [0.4, 0.5) is 20.6 Å². The molecule has 7 heteroatoms. The molecule has 2 N–H and O–H groups in total. The van der Waals surface area contributed by atoms with E-state index in [9.17, 15) is 9.18 Å². The number of nitrogens with zero attached hydrogens (tertiary/aromatic N) is 2. The van der Waals surface area contributed by atoms with Gasteiger partial charge in [0.25, 0.3) is 0 Å². The van der Waals surface area contributed by atoms with Crippen LogP contribution < -0.4 is 20.3 Å². The number of amides is 2. The predicted molar refractivity (Wildman–Crippen MR) is 105 cm³/mol. The Morgan fingerprint density at radius 3 is 2.52 bits per heavy atom. The van der Waals surface area contributed by atoms with Gasteiger partial charge in [-0.05, 0) is 24.3 Å². The number of halogens is 1. The van der Waals surface area contributed by atoms with E-state index in [4.69, 9.17) is 4.74 Å². The normalized spacial score (nSPS) is 14.7. The van der Waals surface area contributed by atoms with Gasteiger partial charge in [-0.15, -0.1) is 0 Å². The molecule has 0 saturated carbocycles. The number of benzene rings is 2. The molecule has 1 aliphatic heterocycles. The molecule has 27 heavy (non-hydrogen) atoms. The third-order valence-corrected chi connectivity index (χ3v) is 4.63. The first-order chi connectivity index (χ1) is 13.2. The molecule has 3 rings (SSSR count). The largest absolute Gasteiger partial charge is 0.495 e. The minimum atomic E-state index is -0.260. The highest BCUT2D eigenvalue weighted by atomic mass is 19.1. The third kappa shape index (κ3) is 5.10. The Hall–Kier alpha value is -2.80. The van der Waals surface area contributed by atoms with Gasteiger partial charge in [-0.2, -0.15) is 0 Å². The number of carbonyl (C=O) groups excluding carboxylic acids is 1. The second-order valence-corrected chi connectivity index (χ2v) is 6.36. The predicted octanol–water partition coefficient (Wildman–Crippen LogP) is 2.78. The van der Waals surface area contributed by atoms with Crippen molar-refractivity contribution < 1.29 is 13.9 Å². The van der Waals surface area contributed by atoms with Gasteiger partial charge in [-0.3, -0.25) is 4.90 Å². The van der Waals surface area contributed by atoms with Crippen molar-refractivity contribution in [3.8, 4) is 5.75 Å². The van der Waals surface area contributed by atoms with E-state index in [2.05, 4.69) is 20.4 Å². The van der Waals surface area contributed by atoms with Crippen molar-refractivity contribution in [2.24, 2.45) is 0 Å². The first-order valence-corrected chi connectivity index (χ1v) is 9.07. The van der Waals surface area contributed by atoms with Crippen molar-refractivity contribution in [1.29, 1.82) is 0 Å². The smallest absolute Gasteiger partial charge is 0.319 e.